The van der Waals surface area contributed by atoms with E-state index in [1.165, 1.54) is 12.1 Å². The van der Waals surface area contributed by atoms with Crippen LogP contribution in [-0.2, 0) is 13.2 Å². The fourth-order valence-electron chi connectivity index (χ4n) is 2.37. The molecule has 3 aromatic carbocycles. The minimum atomic E-state index is -0.267. The van der Waals surface area contributed by atoms with Crippen molar-refractivity contribution in [2.24, 2.45) is 0 Å². The zero-order valence-electron chi connectivity index (χ0n) is 13.9. The summed E-state index contributed by atoms with van der Waals surface area (Å²) in [7, 11) is 0. The monoisotopic (exact) mass is 369 g/mol. The van der Waals surface area contributed by atoms with Gasteiger partial charge in [0.25, 0.3) is 5.91 Å². The highest BCUT2D eigenvalue weighted by Crippen LogP contribution is 2.16. The second kappa shape index (κ2) is 8.50. The van der Waals surface area contributed by atoms with Crippen LogP contribution in [0.5, 0.6) is 5.75 Å². The Hall–Kier alpha value is -2.85. The summed E-state index contributed by atoms with van der Waals surface area (Å²) in [6, 6.07) is 20.5. The number of carbonyl (C=O) groups excluding carboxylic acids is 1. The van der Waals surface area contributed by atoms with Gasteiger partial charge in [-0.05, 0) is 47.5 Å². The molecule has 0 spiro atoms. The number of hydrogen-bond acceptors (Lipinski definition) is 2. The van der Waals surface area contributed by atoms with E-state index in [0.717, 1.165) is 11.1 Å². The Balaban J connectivity index is 1.52. The third kappa shape index (κ3) is 4.83. The van der Waals surface area contributed by atoms with Crippen LogP contribution in [0, 0.1) is 5.82 Å². The van der Waals surface area contributed by atoms with Crippen LogP contribution >= 0.6 is 11.6 Å². The van der Waals surface area contributed by atoms with Crippen LogP contribution < -0.4 is 10.1 Å². The number of nitrogens with one attached hydrogen (secondary N) is 1. The van der Waals surface area contributed by atoms with Crippen LogP contribution in [0.25, 0.3) is 0 Å². The number of halogens is 2. The minimum absolute atomic E-state index is 0.216. The maximum absolute atomic E-state index is 12.9. The van der Waals surface area contributed by atoms with E-state index in [1.54, 1.807) is 36.4 Å². The van der Waals surface area contributed by atoms with Gasteiger partial charge in [0, 0.05) is 6.54 Å². The SMILES string of the molecule is O=C(NCc1ccc(OCc2ccc(F)cc2)cc1)c1ccccc1Cl. The molecular weight excluding hydrogens is 353 g/mol. The Morgan fingerprint density at radius 1 is 0.923 bits per heavy atom. The molecule has 0 saturated heterocycles. The van der Waals surface area contributed by atoms with E-state index < -0.39 is 0 Å². The van der Waals surface area contributed by atoms with E-state index in [1.807, 2.05) is 24.3 Å². The van der Waals surface area contributed by atoms with Gasteiger partial charge in [-0.2, -0.15) is 0 Å². The zero-order valence-corrected chi connectivity index (χ0v) is 14.7. The fraction of sp³-hybridized carbons (Fsp3) is 0.0952. The third-order valence-electron chi connectivity index (χ3n) is 3.81. The first-order valence-corrected chi connectivity index (χ1v) is 8.48. The van der Waals surface area contributed by atoms with Gasteiger partial charge < -0.3 is 10.1 Å². The van der Waals surface area contributed by atoms with E-state index in [0.29, 0.717) is 29.5 Å². The van der Waals surface area contributed by atoms with Crippen molar-refractivity contribution >= 4 is 17.5 Å². The first-order valence-electron chi connectivity index (χ1n) is 8.11. The molecule has 0 radical (unpaired) electrons. The summed E-state index contributed by atoms with van der Waals surface area (Å²) in [5, 5.41) is 3.26. The molecule has 0 heterocycles. The zero-order chi connectivity index (χ0) is 18.4. The maximum atomic E-state index is 12.9. The molecule has 0 aliphatic heterocycles. The lowest BCUT2D eigenvalue weighted by Gasteiger charge is -2.09. The number of rotatable bonds is 6. The van der Waals surface area contributed by atoms with Crippen LogP contribution in [0.4, 0.5) is 4.39 Å². The maximum Gasteiger partial charge on any atom is 0.253 e. The smallest absolute Gasteiger partial charge is 0.253 e. The summed E-state index contributed by atoms with van der Waals surface area (Å²) >= 11 is 6.02. The van der Waals surface area contributed by atoms with Gasteiger partial charge in [-0.3, -0.25) is 4.79 Å². The van der Waals surface area contributed by atoms with Crippen molar-refractivity contribution in [1.29, 1.82) is 0 Å². The molecule has 0 aliphatic rings. The van der Waals surface area contributed by atoms with E-state index in [9.17, 15) is 9.18 Å². The molecule has 3 nitrogen and oxygen atoms in total. The lowest BCUT2D eigenvalue weighted by molar-refractivity contribution is 0.0951. The molecule has 3 rings (SSSR count). The number of carbonyl (C=O) groups is 1. The third-order valence-corrected chi connectivity index (χ3v) is 4.14. The van der Waals surface area contributed by atoms with Crippen molar-refractivity contribution in [2.75, 3.05) is 0 Å². The molecule has 0 bridgehead atoms. The Kier molecular flexibility index (Phi) is 5.87. The first-order chi connectivity index (χ1) is 12.6. The topological polar surface area (TPSA) is 38.3 Å². The molecule has 0 saturated carbocycles. The van der Waals surface area contributed by atoms with Gasteiger partial charge in [0.05, 0.1) is 10.6 Å². The Morgan fingerprint density at radius 2 is 1.58 bits per heavy atom. The summed E-state index contributed by atoms with van der Waals surface area (Å²) in [6.45, 7) is 0.755. The number of ether oxygens (including phenoxy) is 1. The molecule has 5 heteroatoms. The number of hydrogen-bond donors (Lipinski definition) is 1. The number of benzene rings is 3. The van der Waals surface area contributed by atoms with Gasteiger partial charge in [-0.1, -0.05) is 48.0 Å². The summed E-state index contributed by atoms with van der Waals surface area (Å²) in [5.41, 5.74) is 2.29. The van der Waals surface area contributed by atoms with Crippen molar-refractivity contribution in [3.05, 3.63) is 100 Å². The van der Waals surface area contributed by atoms with Crippen molar-refractivity contribution in [2.45, 2.75) is 13.2 Å². The molecular formula is C21H17ClFNO2. The highest BCUT2D eigenvalue weighted by molar-refractivity contribution is 6.33. The van der Waals surface area contributed by atoms with E-state index in [2.05, 4.69) is 5.32 Å². The quantitative estimate of drug-likeness (QED) is 0.664. The standard InChI is InChI=1S/C21H17ClFNO2/c22-20-4-2-1-3-19(20)21(25)24-13-15-7-11-18(12-8-15)26-14-16-5-9-17(23)10-6-16/h1-12H,13-14H2,(H,24,25). The Morgan fingerprint density at radius 3 is 2.27 bits per heavy atom. The summed E-state index contributed by atoms with van der Waals surface area (Å²) in [6.07, 6.45) is 0. The minimum Gasteiger partial charge on any atom is -0.489 e. The van der Waals surface area contributed by atoms with Crippen LogP contribution in [0.3, 0.4) is 0 Å². The summed E-state index contributed by atoms with van der Waals surface area (Å²) in [5.74, 6) is 0.222. The normalized spacial score (nSPS) is 10.4. The molecule has 0 atom stereocenters. The van der Waals surface area contributed by atoms with Gasteiger partial charge in [-0.15, -0.1) is 0 Å². The highest BCUT2D eigenvalue weighted by Gasteiger charge is 2.08. The second-order valence-electron chi connectivity index (χ2n) is 5.72. The molecule has 0 fully saturated rings. The van der Waals surface area contributed by atoms with Gasteiger partial charge in [0.2, 0.25) is 0 Å². The predicted octanol–water partition coefficient (Wildman–Crippen LogP) is 4.99. The average molecular weight is 370 g/mol. The summed E-state index contributed by atoms with van der Waals surface area (Å²) in [4.78, 5) is 12.1. The van der Waals surface area contributed by atoms with E-state index in [4.69, 9.17) is 16.3 Å². The largest absolute Gasteiger partial charge is 0.489 e. The van der Waals surface area contributed by atoms with Gasteiger partial charge in [-0.25, -0.2) is 4.39 Å². The Labute approximate surface area is 156 Å². The van der Waals surface area contributed by atoms with Crippen molar-refractivity contribution < 1.29 is 13.9 Å². The fourth-order valence-corrected chi connectivity index (χ4v) is 2.60. The highest BCUT2D eigenvalue weighted by atomic mass is 35.5. The van der Waals surface area contributed by atoms with Crippen LogP contribution in [0.2, 0.25) is 5.02 Å². The first kappa shape index (κ1) is 18.0. The van der Waals surface area contributed by atoms with Crippen molar-refractivity contribution in [3.63, 3.8) is 0 Å². The average Bonchev–Trinajstić information content (AvgIpc) is 2.67. The second-order valence-corrected chi connectivity index (χ2v) is 6.13. The van der Waals surface area contributed by atoms with E-state index in [-0.39, 0.29) is 11.7 Å². The molecule has 1 N–H and O–H groups in total. The van der Waals surface area contributed by atoms with Gasteiger partial charge in [0.1, 0.15) is 18.2 Å². The molecule has 0 aromatic heterocycles. The van der Waals surface area contributed by atoms with Crippen molar-refractivity contribution in [1.82, 2.24) is 5.32 Å². The van der Waals surface area contributed by atoms with Crippen LogP contribution in [-0.4, -0.2) is 5.91 Å². The van der Waals surface area contributed by atoms with Gasteiger partial charge in [0.15, 0.2) is 0 Å². The number of amides is 1. The molecule has 1 amide bonds. The van der Waals surface area contributed by atoms with Crippen LogP contribution in [0.1, 0.15) is 21.5 Å². The Bertz CT molecular complexity index is 879. The lowest BCUT2D eigenvalue weighted by atomic mass is 10.2. The summed E-state index contributed by atoms with van der Waals surface area (Å²) < 4.78 is 18.5. The van der Waals surface area contributed by atoms with Crippen LogP contribution in [0.15, 0.2) is 72.8 Å². The molecule has 26 heavy (non-hydrogen) atoms. The molecule has 0 aliphatic carbocycles. The van der Waals surface area contributed by atoms with Gasteiger partial charge >= 0.3 is 0 Å². The van der Waals surface area contributed by atoms with Crippen molar-refractivity contribution in [3.8, 4) is 5.75 Å². The molecule has 3 aromatic rings. The molecule has 0 unspecified atom stereocenters. The predicted molar refractivity (Wildman–Crippen MR) is 99.8 cm³/mol. The lowest BCUT2D eigenvalue weighted by Crippen LogP contribution is -2.23. The van der Waals surface area contributed by atoms with E-state index >= 15 is 0 Å². The molecule has 132 valence electrons.